The van der Waals surface area contributed by atoms with Crippen molar-refractivity contribution in [1.29, 1.82) is 0 Å². The number of fused-ring (bicyclic) bond motifs is 2. The van der Waals surface area contributed by atoms with Crippen molar-refractivity contribution < 1.29 is 30.6 Å². The molecule has 0 radical (unpaired) electrons. The van der Waals surface area contributed by atoms with E-state index in [2.05, 4.69) is 0 Å². The largest absolute Gasteiger partial charge is 0.508 e. The zero-order valence-electron chi connectivity index (χ0n) is 17.8. The molecule has 6 nitrogen and oxygen atoms in total. The summed E-state index contributed by atoms with van der Waals surface area (Å²) in [5.74, 6) is -1.09. The topological polar surface area (TPSA) is 121 Å². The molecule has 1 aliphatic rings. The van der Waals surface area contributed by atoms with Crippen LogP contribution >= 0.6 is 0 Å². The lowest BCUT2D eigenvalue weighted by molar-refractivity contribution is 0.446. The van der Waals surface area contributed by atoms with Crippen LogP contribution in [-0.2, 0) is 0 Å². The Morgan fingerprint density at radius 1 is 0.471 bits per heavy atom. The van der Waals surface area contributed by atoms with Crippen molar-refractivity contribution in [1.82, 2.24) is 0 Å². The molecule has 0 aliphatic heterocycles. The van der Waals surface area contributed by atoms with E-state index in [1.807, 2.05) is 6.07 Å². The van der Waals surface area contributed by atoms with Gasteiger partial charge in [-0.25, -0.2) is 0 Å². The molecule has 1 aliphatic carbocycles. The standard InChI is InChI=1S/C28H20O6/c29-16-4-1-13(2-5-16)25-24(15-7-18(31)10-19(32)8-15)21-9-14-3-6-17(30)11-20(14)26-22(33)12-23(34)28(25)27(21)26/h1-12,24-25,29-34H/t24-,25+/m0/s1. The average Bonchev–Trinajstić information content (AvgIpc) is 3.12. The molecule has 0 fully saturated rings. The summed E-state index contributed by atoms with van der Waals surface area (Å²) in [4.78, 5) is 0. The molecule has 0 saturated carbocycles. The summed E-state index contributed by atoms with van der Waals surface area (Å²) in [6, 6.07) is 19.3. The second-order valence-electron chi connectivity index (χ2n) is 8.78. The van der Waals surface area contributed by atoms with Gasteiger partial charge in [0.2, 0.25) is 0 Å². The Balaban J connectivity index is 1.78. The molecule has 6 heteroatoms. The van der Waals surface area contributed by atoms with Crippen molar-refractivity contribution in [2.75, 3.05) is 0 Å². The number of phenols is 6. The van der Waals surface area contributed by atoms with Crippen LogP contribution in [0.1, 0.15) is 34.1 Å². The first-order chi connectivity index (χ1) is 16.3. The van der Waals surface area contributed by atoms with Gasteiger partial charge in [-0.1, -0.05) is 18.2 Å². The molecule has 34 heavy (non-hydrogen) atoms. The van der Waals surface area contributed by atoms with Gasteiger partial charge in [-0.2, -0.15) is 0 Å². The van der Waals surface area contributed by atoms with Gasteiger partial charge in [-0.05, 0) is 75.3 Å². The van der Waals surface area contributed by atoms with Crippen LogP contribution in [0.2, 0.25) is 0 Å². The minimum atomic E-state index is -0.440. The number of phenolic OH excluding ortho intramolecular Hbond substituents is 6. The fourth-order valence-electron chi connectivity index (χ4n) is 5.49. The molecule has 0 saturated heterocycles. The zero-order valence-corrected chi connectivity index (χ0v) is 17.8. The number of benzene rings is 5. The first kappa shape index (κ1) is 20.1. The van der Waals surface area contributed by atoms with E-state index in [9.17, 15) is 30.6 Å². The summed E-state index contributed by atoms with van der Waals surface area (Å²) >= 11 is 0. The number of hydrogen-bond acceptors (Lipinski definition) is 6. The molecule has 0 heterocycles. The van der Waals surface area contributed by atoms with Crippen molar-refractivity contribution in [3.8, 4) is 34.5 Å². The second-order valence-corrected chi connectivity index (χ2v) is 8.78. The summed E-state index contributed by atoms with van der Waals surface area (Å²) in [5, 5.41) is 65.0. The average molecular weight is 452 g/mol. The third-order valence-electron chi connectivity index (χ3n) is 6.75. The normalized spacial score (nSPS) is 16.9. The van der Waals surface area contributed by atoms with Gasteiger partial charge in [0.1, 0.15) is 34.5 Å². The fraction of sp³-hybridized carbons (Fsp3) is 0.0714. The van der Waals surface area contributed by atoms with Crippen LogP contribution in [-0.4, -0.2) is 30.6 Å². The molecule has 2 atom stereocenters. The van der Waals surface area contributed by atoms with E-state index in [4.69, 9.17) is 0 Å². The maximum atomic E-state index is 11.1. The van der Waals surface area contributed by atoms with Crippen LogP contribution in [0.25, 0.3) is 21.5 Å². The van der Waals surface area contributed by atoms with Crippen LogP contribution in [0, 0.1) is 0 Å². The minimum absolute atomic E-state index is 0.0550. The number of rotatable bonds is 2. The maximum absolute atomic E-state index is 11.1. The first-order valence-corrected chi connectivity index (χ1v) is 10.8. The predicted molar refractivity (Wildman–Crippen MR) is 128 cm³/mol. The Labute approximate surface area is 193 Å². The highest BCUT2D eigenvalue weighted by atomic mass is 16.3. The number of hydrogen-bond donors (Lipinski definition) is 6. The first-order valence-electron chi connectivity index (χ1n) is 10.8. The van der Waals surface area contributed by atoms with Gasteiger partial charge in [0.15, 0.2) is 0 Å². The monoisotopic (exact) mass is 452 g/mol. The van der Waals surface area contributed by atoms with Crippen LogP contribution in [0.5, 0.6) is 34.5 Å². The highest BCUT2D eigenvalue weighted by Crippen LogP contribution is 2.59. The van der Waals surface area contributed by atoms with Crippen molar-refractivity contribution in [2.24, 2.45) is 0 Å². The molecule has 6 N–H and O–H groups in total. The summed E-state index contributed by atoms with van der Waals surface area (Å²) in [5.41, 5.74) is 2.82. The summed E-state index contributed by atoms with van der Waals surface area (Å²) < 4.78 is 0. The Kier molecular flexibility index (Phi) is 4.10. The third-order valence-corrected chi connectivity index (χ3v) is 6.75. The Morgan fingerprint density at radius 3 is 1.85 bits per heavy atom. The van der Waals surface area contributed by atoms with Gasteiger partial charge in [0.25, 0.3) is 0 Å². The van der Waals surface area contributed by atoms with E-state index in [0.717, 1.165) is 16.5 Å². The van der Waals surface area contributed by atoms with Crippen molar-refractivity contribution >= 4 is 21.5 Å². The van der Waals surface area contributed by atoms with Gasteiger partial charge < -0.3 is 30.6 Å². The zero-order chi connectivity index (χ0) is 23.7. The fourth-order valence-corrected chi connectivity index (χ4v) is 5.49. The summed E-state index contributed by atoms with van der Waals surface area (Å²) in [6.45, 7) is 0. The van der Waals surface area contributed by atoms with Gasteiger partial charge in [-0.3, -0.25) is 0 Å². The molecule has 0 unspecified atom stereocenters. The molecular formula is C28H20O6. The smallest absolute Gasteiger partial charge is 0.127 e. The third kappa shape index (κ3) is 2.82. The van der Waals surface area contributed by atoms with Crippen molar-refractivity contribution in [3.63, 3.8) is 0 Å². The molecule has 0 bridgehead atoms. The molecule has 5 aromatic carbocycles. The van der Waals surface area contributed by atoms with E-state index in [0.29, 0.717) is 27.3 Å². The van der Waals surface area contributed by atoms with E-state index in [-0.39, 0.29) is 34.5 Å². The molecule has 168 valence electrons. The Bertz CT molecular complexity index is 1600. The molecule has 0 amide bonds. The van der Waals surface area contributed by atoms with Crippen molar-refractivity contribution in [3.05, 3.63) is 95.1 Å². The van der Waals surface area contributed by atoms with E-state index in [1.54, 1.807) is 54.6 Å². The molecule has 5 aromatic rings. The highest BCUT2D eigenvalue weighted by molar-refractivity contribution is 6.15. The van der Waals surface area contributed by atoms with Crippen LogP contribution in [0.15, 0.2) is 72.8 Å². The van der Waals surface area contributed by atoms with E-state index in [1.165, 1.54) is 12.1 Å². The Hall–Kier alpha value is -4.58. The van der Waals surface area contributed by atoms with Gasteiger partial charge in [0, 0.05) is 34.9 Å². The van der Waals surface area contributed by atoms with Gasteiger partial charge >= 0.3 is 0 Å². The quantitative estimate of drug-likeness (QED) is 0.197. The Morgan fingerprint density at radius 2 is 1.15 bits per heavy atom. The lowest BCUT2D eigenvalue weighted by Gasteiger charge is -2.24. The van der Waals surface area contributed by atoms with Crippen LogP contribution in [0.3, 0.4) is 0 Å². The summed E-state index contributed by atoms with van der Waals surface area (Å²) in [6.07, 6.45) is 0. The van der Waals surface area contributed by atoms with Crippen LogP contribution in [0.4, 0.5) is 0 Å². The second kappa shape index (κ2) is 6.96. The van der Waals surface area contributed by atoms with Gasteiger partial charge in [0.05, 0.1) is 0 Å². The lowest BCUT2D eigenvalue weighted by Crippen LogP contribution is -2.09. The van der Waals surface area contributed by atoms with Crippen LogP contribution < -0.4 is 0 Å². The molecule has 6 rings (SSSR count). The van der Waals surface area contributed by atoms with Gasteiger partial charge in [-0.15, -0.1) is 0 Å². The summed E-state index contributed by atoms with van der Waals surface area (Å²) in [7, 11) is 0. The molecule has 0 aromatic heterocycles. The maximum Gasteiger partial charge on any atom is 0.127 e. The van der Waals surface area contributed by atoms with Crippen molar-refractivity contribution in [2.45, 2.75) is 11.8 Å². The predicted octanol–water partition coefficient (Wildman–Crippen LogP) is 5.50. The highest BCUT2D eigenvalue weighted by Gasteiger charge is 2.40. The molecular weight excluding hydrogens is 432 g/mol. The minimum Gasteiger partial charge on any atom is -0.508 e. The van der Waals surface area contributed by atoms with E-state index >= 15 is 0 Å². The number of aromatic hydroxyl groups is 6. The molecule has 0 spiro atoms. The lowest BCUT2D eigenvalue weighted by atomic mass is 9.79. The SMILES string of the molecule is Oc1ccc([C@H]2c3c(O)cc(O)c4c3c(cc3ccc(O)cc34)[C@@H]2c2cc(O)cc(O)c2)cc1. The van der Waals surface area contributed by atoms with E-state index < -0.39 is 11.8 Å².